The highest BCUT2D eigenvalue weighted by Crippen LogP contribution is 2.18. The van der Waals surface area contributed by atoms with E-state index in [-0.39, 0.29) is 21.7 Å². The third-order valence-corrected chi connectivity index (χ3v) is 4.37. The highest BCUT2D eigenvalue weighted by molar-refractivity contribution is 7.92. The summed E-state index contributed by atoms with van der Waals surface area (Å²) in [5, 5.41) is 0. The molecule has 2 rings (SSSR count). The standard InChI is InChI=1S/C15H14N2O5S/c1-22-15(19)11-3-2-4-13(9-11)23(20,21)17-12-7-5-10(6-8-12)14(16)18/h2-9,17H,1H3,(H2,16,18). The van der Waals surface area contributed by atoms with E-state index in [9.17, 15) is 18.0 Å². The van der Waals surface area contributed by atoms with Gasteiger partial charge in [-0.3, -0.25) is 9.52 Å². The first-order valence-corrected chi connectivity index (χ1v) is 7.93. The SMILES string of the molecule is COC(=O)c1cccc(S(=O)(=O)Nc2ccc(C(N)=O)cc2)c1. The van der Waals surface area contributed by atoms with Gasteiger partial charge in [-0.15, -0.1) is 0 Å². The van der Waals surface area contributed by atoms with E-state index in [1.807, 2.05) is 0 Å². The smallest absolute Gasteiger partial charge is 0.337 e. The largest absolute Gasteiger partial charge is 0.465 e. The third kappa shape index (κ3) is 3.86. The van der Waals surface area contributed by atoms with Crippen molar-refractivity contribution < 1.29 is 22.7 Å². The molecule has 0 unspecified atom stereocenters. The molecule has 0 saturated heterocycles. The van der Waals surface area contributed by atoms with Crippen molar-refractivity contribution in [2.24, 2.45) is 5.73 Å². The highest BCUT2D eigenvalue weighted by Gasteiger charge is 2.17. The molecule has 8 heteroatoms. The molecule has 23 heavy (non-hydrogen) atoms. The zero-order valence-corrected chi connectivity index (χ0v) is 13.0. The Hall–Kier alpha value is -2.87. The molecule has 3 N–H and O–H groups in total. The van der Waals surface area contributed by atoms with Crippen molar-refractivity contribution in [2.45, 2.75) is 4.90 Å². The number of nitrogens with one attached hydrogen (secondary N) is 1. The van der Waals surface area contributed by atoms with Gasteiger partial charge in [0, 0.05) is 11.3 Å². The first-order chi connectivity index (χ1) is 10.8. The number of carbonyl (C=O) groups excluding carboxylic acids is 2. The second-order valence-corrected chi connectivity index (χ2v) is 6.25. The van der Waals surface area contributed by atoms with Crippen LogP contribution in [0, 0.1) is 0 Å². The minimum Gasteiger partial charge on any atom is -0.465 e. The molecule has 0 saturated carbocycles. The molecule has 0 spiro atoms. The summed E-state index contributed by atoms with van der Waals surface area (Å²) >= 11 is 0. The number of ether oxygens (including phenoxy) is 1. The Morgan fingerprint density at radius 3 is 2.26 bits per heavy atom. The van der Waals surface area contributed by atoms with Gasteiger partial charge in [-0.2, -0.15) is 0 Å². The van der Waals surface area contributed by atoms with Crippen molar-refractivity contribution in [1.82, 2.24) is 0 Å². The molecule has 0 aliphatic carbocycles. The number of sulfonamides is 1. The van der Waals surface area contributed by atoms with Gasteiger partial charge in [-0.05, 0) is 42.5 Å². The summed E-state index contributed by atoms with van der Waals surface area (Å²) in [6.07, 6.45) is 0. The van der Waals surface area contributed by atoms with E-state index in [0.717, 1.165) is 0 Å². The first-order valence-electron chi connectivity index (χ1n) is 6.44. The number of esters is 1. The molecular weight excluding hydrogens is 320 g/mol. The van der Waals surface area contributed by atoms with Crippen molar-refractivity contribution in [3.05, 3.63) is 59.7 Å². The van der Waals surface area contributed by atoms with Crippen molar-refractivity contribution >= 4 is 27.6 Å². The molecular formula is C15H14N2O5S. The molecule has 0 aliphatic heterocycles. The highest BCUT2D eigenvalue weighted by atomic mass is 32.2. The molecule has 0 aliphatic rings. The molecule has 0 atom stereocenters. The van der Waals surface area contributed by atoms with Crippen LogP contribution in [0.5, 0.6) is 0 Å². The van der Waals surface area contributed by atoms with Gasteiger partial charge in [-0.1, -0.05) is 6.07 Å². The number of rotatable bonds is 5. The lowest BCUT2D eigenvalue weighted by atomic mass is 10.2. The number of primary amides is 1. The zero-order chi connectivity index (χ0) is 17.0. The van der Waals surface area contributed by atoms with Gasteiger partial charge in [0.25, 0.3) is 10.0 Å². The normalized spacial score (nSPS) is 10.8. The van der Waals surface area contributed by atoms with Crippen LogP contribution in [0.2, 0.25) is 0 Å². The second kappa shape index (κ2) is 6.49. The summed E-state index contributed by atoms with van der Waals surface area (Å²) in [6, 6.07) is 11.1. The summed E-state index contributed by atoms with van der Waals surface area (Å²) in [5.41, 5.74) is 5.77. The topological polar surface area (TPSA) is 116 Å². The minimum atomic E-state index is -3.88. The van der Waals surface area contributed by atoms with Gasteiger partial charge >= 0.3 is 5.97 Å². The fourth-order valence-electron chi connectivity index (χ4n) is 1.82. The number of hydrogen-bond acceptors (Lipinski definition) is 5. The molecule has 7 nitrogen and oxygen atoms in total. The van der Waals surface area contributed by atoms with Gasteiger partial charge in [0.2, 0.25) is 5.91 Å². The quantitative estimate of drug-likeness (QED) is 0.801. The van der Waals surface area contributed by atoms with Crippen molar-refractivity contribution in [2.75, 3.05) is 11.8 Å². The molecule has 2 aromatic rings. The molecule has 120 valence electrons. The predicted molar refractivity (Wildman–Crippen MR) is 83.5 cm³/mol. The second-order valence-electron chi connectivity index (χ2n) is 4.57. The van der Waals surface area contributed by atoms with Crippen LogP contribution in [0.4, 0.5) is 5.69 Å². The van der Waals surface area contributed by atoms with Crippen LogP contribution in [0.25, 0.3) is 0 Å². The van der Waals surface area contributed by atoms with Gasteiger partial charge < -0.3 is 10.5 Å². The van der Waals surface area contributed by atoms with E-state index < -0.39 is 21.9 Å². The molecule has 0 radical (unpaired) electrons. The van der Waals surface area contributed by atoms with Gasteiger partial charge in [0.15, 0.2) is 0 Å². The Kier molecular flexibility index (Phi) is 4.65. The summed E-state index contributed by atoms with van der Waals surface area (Å²) in [7, 11) is -2.67. The van der Waals surface area contributed by atoms with Crippen LogP contribution in [-0.2, 0) is 14.8 Å². The van der Waals surface area contributed by atoms with E-state index in [1.165, 1.54) is 55.6 Å². The number of carbonyl (C=O) groups is 2. The number of anilines is 1. The lowest BCUT2D eigenvalue weighted by molar-refractivity contribution is 0.0600. The van der Waals surface area contributed by atoms with Crippen LogP contribution >= 0.6 is 0 Å². The summed E-state index contributed by atoms with van der Waals surface area (Å²) < 4.78 is 31.6. The van der Waals surface area contributed by atoms with Crippen LogP contribution in [-0.4, -0.2) is 27.4 Å². The molecule has 2 aromatic carbocycles. The zero-order valence-electron chi connectivity index (χ0n) is 12.1. The molecule has 0 bridgehead atoms. The maximum atomic E-state index is 12.3. The average Bonchev–Trinajstić information content (AvgIpc) is 2.54. The maximum Gasteiger partial charge on any atom is 0.337 e. The Labute approximate surface area is 133 Å². The van der Waals surface area contributed by atoms with Crippen LogP contribution in [0.1, 0.15) is 20.7 Å². The number of nitrogens with two attached hydrogens (primary N) is 1. The number of amides is 1. The summed E-state index contributed by atoms with van der Waals surface area (Å²) in [4.78, 5) is 22.4. The van der Waals surface area contributed by atoms with E-state index in [0.29, 0.717) is 0 Å². The van der Waals surface area contributed by atoms with Gasteiger partial charge in [0.1, 0.15) is 0 Å². The lowest BCUT2D eigenvalue weighted by Gasteiger charge is -2.09. The van der Waals surface area contributed by atoms with E-state index >= 15 is 0 Å². The lowest BCUT2D eigenvalue weighted by Crippen LogP contribution is -2.15. The molecule has 0 fully saturated rings. The molecule has 1 amide bonds. The number of hydrogen-bond donors (Lipinski definition) is 2. The Balaban J connectivity index is 2.28. The summed E-state index contributed by atoms with van der Waals surface area (Å²) in [5.74, 6) is -1.24. The van der Waals surface area contributed by atoms with Crippen LogP contribution in [0.3, 0.4) is 0 Å². The van der Waals surface area contributed by atoms with Crippen molar-refractivity contribution in [1.29, 1.82) is 0 Å². The number of benzene rings is 2. The van der Waals surface area contributed by atoms with Crippen molar-refractivity contribution in [3.8, 4) is 0 Å². The first kappa shape index (κ1) is 16.5. The maximum absolute atomic E-state index is 12.3. The van der Waals surface area contributed by atoms with Gasteiger partial charge in [0.05, 0.1) is 17.6 Å². The van der Waals surface area contributed by atoms with Crippen LogP contribution < -0.4 is 10.5 Å². The Morgan fingerprint density at radius 1 is 1.04 bits per heavy atom. The van der Waals surface area contributed by atoms with E-state index in [1.54, 1.807) is 0 Å². The Bertz CT molecular complexity index is 844. The van der Waals surface area contributed by atoms with Crippen molar-refractivity contribution in [3.63, 3.8) is 0 Å². The van der Waals surface area contributed by atoms with Gasteiger partial charge in [-0.25, -0.2) is 13.2 Å². The molecule has 0 aromatic heterocycles. The summed E-state index contributed by atoms with van der Waals surface area (Å²) in [6.45, 7) is 0. The number of methoxy groups -OCH3 is 1. The fraction of sp³-hybridized carbons (Fsp3) is 0.0667. The fourth-order valence-corrected chi connectivity index (χ4v) is 2.93. The Morgan fingerprint density at radius 2 is 1.70 bits per heavy atom. The minimum absolute atomic E-state index is 0.0839. The van der Waals surface area contributed by atoms with Crippen LogP contribution in [0.15, 0.2) is 53.4 Å². The van der Waals surface area contributed by atoms with E-state index in [2.05, 4.69) is 9.46 Å². The average molecular weight is 334 g/mol. The monoisotopic (exact) mass is 334 g/mol. The third-order valence-electron chi connectivity index (χ3n) is 2.99. The molecule has 0 heterocycles. The predicted octanol–water partition coefficient (Wildman–Crippen LogP) is 1.37. The van der Waals surface area contributed by atoms with E-state index in [4.69, 9.17) is 5.73 Å².